The average molecular weight is 325 g/mol. The van der Waals surface area contributed by atoms with Gasteiger partial charge in [0.15, 0.2) is 0 Å². The van der Waals surface area contributed by atoms with Crippen LogP contribution in [0.15, 0.2) is 24.3 Å². The van der Waals surface area contributed by atoms with Gasteiger partial charge in [0.1, 0.15) is 11.4 Å². The fraction of sp³-hybridized carbons (Fsp3) is 0.167. The summed E-state index contributed by atoms with van der Waals surface area (Å²) in [4.78, 5) is 13.5. The number of carboxylic acid groups (broad SMARTS) is 1. The van der Waals surface area contributed by atoms with Gasteiger partial charge in [-0.05, 0) is 12.1 Å². The van der Waals surface area contributed by atoms with E-state index in [4.69, 9.17) is 5.11 Å². The first-order chi connectivity index (χ1) is 10.00. The molecule has 10 heteroatoms. The second-order valence-electron chi connectivity index (χ2n) is 4.07. The Morgan fingerprint density at radius 2 is 1.73 bits per heavy atom. The summed E-state index contributed by atoms with van der Waals surface area (Å²) in [7, 11) is 0. The van der Waals surface area contributed by atoms with Crippen molar-refractivity contribution >= 4 is 17.1 Å². The van der Waals surface area contributed by atoms with Gasteiger partial charge in [-0.25, -0.2) is 9.78 Å². The van der Waals surface area contributed by atoms with Crippen molar-refractivity contribution < 1.29 is 41.0 Å². The van der Waals surface area contributed by atoms with Gasteiger partial charge >= 0.3 is 18.5 Å². The van der Waals surface area contributed by atoms with Crippen LogP contribution in [0.2, 0.25) is 0 Å². The Kier molecular flexibility index (Phi) is 3.63. The van der Waals surface area contributed by atoms with Crippen LogP contribution < -0.4 is 4.74 Å². The smallest absolute Gasteiger partial charge is 0.449 e. The number of para-hydroxylation sites is 1. The highest BCUT2D eigenvalue weighted by molar-refractivity contribution is 5.89. The van der Waals surface area contributed by atoms with E-state index in [1.54, 1.807) is 0 Å². The number of rotatable bonds is 1. The topological polar surface area (TPSA) is 59.4 Å². The molecule has 0 amide bonds. The molecule has 0 spiro atoms. The summed E-state index contributed by atoms with van der Waals surface area (Å²) in [5.74, 6) is -0.879. The number of hydrogen-bond donors (Lipinski definition) is 1. The van der Waals surface area contributed by atoms with E-state index in [2.05, 4.69) is 9.72 Å². The second kappa shape index (κ2) is 5.04. The number of aromatic nitrogens is 1. The monoisotopic (exact) mass is 325 g/mol. The number of halogens is 6. The summed E-state index contributed by atoms with van der Waals surface area (Å²) < 4.78 is 80.9. The molecular formula is C12H5F6NO3. The molecule has 0 saturated heterocycles. The Morgan fingerprint density at radius 1 is 1.09 bits per heavy atom. The molecule has 0 unspecified atom stereocenters. The third-order valence-corrected chi connectivity index (χ3v) is 2.59. The summed E-state index contributed by atoms with van der Waals surface area (Å²) in [6.07, 6.45) is -12.0. The quantitative estimate of drug-likeness (QED) is 0.626. The van der Waals surface area contributed by atoms with E-state index in [0.29, 0.717) is 6.07 Å². The number of nitrogens with zero attached hydrogens (tertiary/aromatic N) is 1. The van der Waals surface area contributed by atoms with Crippen molar-refractivity contribution in [2.75, 3.05) is 0 Å². The molecular weight excluding hydrogens is 320 g/mol. The predicted octanol–water partition coefficient (Wildman–Crippen LogP) is 4.33. The largest absolute Gasteiger partial charge is 0.511 e. The van der Waals surface area contributed by atoms with Crippen molar-refractivity contribution in [3.8, 4) is 5.75 Å². The first kappa shape index (κ1) is 15.9. The van der Waals surface area contributed by atoms with Crippen LogP contribution >= 0.6 is 0 Å². The molecule has 0 radical (unpaired) electrons. The summed E-state index contributed by atoms with van der Waals surface area (Å²) >= 11 is 0. The minimum absolute atomic E-state index is 0.233. The molecule has 2 rings (SSSR count). The molecule has 1 aromatic heterocycles. The maximum absolute atomic E-state index is 12.9. The number of carbonyl (C=O) groups is 1. The van der Waals surface area contributed by atoms with Crippen molar-refractivity contribution in [3.05, 3.63) is 35.5 Å². The van der Waals surface area contributed by atoms with E-state index in [0.717, 1.165) is 12.1 Å². The van der Waals surface area contributed by atoms with E-state index < -0.39 is 46.4 Å². The molecule has 0 bridgehead atoms. The lowest BCUT2D eigenvalue weighted by Crippen LogP contribution is -2.13. The Balaban J connectivity index is 2.85. The first-order valence-electron chi connectivity index (χ1n) is 5.49. The average Bonchev–Trinajstić information content (AvgIpc) is 2.34. The van der Waals surface area contributed by atoms with Crippen molar-refractivity contribution in [1.82, 2.24) is 4.98 Å². The molecule has 1 aromatic carbocycles. The van der Waals surface area contributed by atoms with Crippen LogP contribution in [0.5, 0.6) is 5.75 Å². The standard InChI is InChI=1S/C12H5F6NO3/c13-11(14,15)6-3-1-2-5-7(22-10(20)21)4-8(12(16,17)18)19-9(5)6/h1-4H,(H,20,21). The molecule has 2 aromatic rings. The van der Waals surface area contributed by atoms with Crippen molar-refractivity contribution in [1.29, 1.82) is 0 Å². The minimum Gasteiger partial charge on any atom is -0.449 e. The van der Waals surface area contributed by atoms with E-state index in [-0.39, 0.29) is 6.07 Å². The van der Waals surface area contributed by atoms with Gasteiger partial charge in [-0.15, -0.1) is 0 Å². The third kappa shape index (κ3) is 3.05. The van der Waals surface area contributed by atoms with Crippen LogP contribution in [0.4, 0.5) is 31.1 Å². The predicted molar refractivity (Wildman–Crippen MR) is 60.4 cm³/mol. The molecule has 0 aliphatic heterocycles. The zero-order valence-electron chi connectivity index (χ0n) is 10.3. The molecule has 0 saturated carbocycles. The first-order valence-corrected chi connectivity index (χ1v) is 5.49. The van der Waals surface area contributed by atoms with E-state index in [1.165, 1.54) is 0 Å². The lowest BCUT2D eigenvalue weighted by atomic mass is 10.1. The lowest BCUT2D eigenvalue weighted by Gasteiger charge is -2.14. The molecule has 1 heterocycles. The van der Waals surface area contributed by atoms with Gasteiger partial charge in [0.25, 0.3) is 0 Å². The fourth-order valence-corrected chi connectivity index (χ4v) is 1.77. The van der Waals surface area contributed by atoms with Gasteiger partial charge in [-0.1, -0.05) is 6.07 Å². The number of ether oxygens (including phenoxy) is 1. The van der Waals surface area contributed by atoms with Crippen LogP contribution in [-0.4, -0.2) is 16.2 Å². The van der Waals surface area contributed by atoms with E-state index in [9.17, 15) is 31.1 Å². The maximum atomic E-state index is 12.9. The molecule has 4 nitrogen and oxygen atoms in total. The highest BCUT2D eigenvalue weighted by Gasteiger charge is 2.37. The minimum atomic E-state index is -5.07. The molecule has 22 heavy (non-hydrogen) atoms. The Hall–Kier alpha value is -2.52. The zero-order chi connectivity index (χ0) is 16.7. The number of hydrogen-bond acceptors (Lipinski definition) is 3. The van der Waals surface area contributed by atoms with Crippen LogP contribution in [0.25, 0.3) is 10.9 Å². The Morgan fingerprint density at radius 3 is 2.23 bits per heavy atom. The van der Waals surface area contributed by atoms with Crippen molar-refractivity contribution in [2.45, 2.75) is 12.4 Å². The normalized spacial score (nSPS) is 12.5. The highest BCUT2D eigenvalue weighted by atomic mass is 19.4. The lowest BCUT2D eigenvalue weighted by molar-refractivity contribution is -0.142. The van der Waals surface area contributed by atoms with Gasteiger partial charge in [0.05, 0.1) is 11.1 Å². The molecule has 0 fully saturated rings. The molecule has 0 aliphatic carbocycles. The number of pyridine rings is 1. The van der Waals surface area contributed by atoms with E-state index in [1.807, 2.05) is 0 Å². The van der Waals surface area contributed by atoms with Crippen molar-refractivity contribution in [2.24, 2.45) is 0 Å². The SMILES string of the molecule is O=C(O)Oc1cc(C(F)(F)F)nc2c(C(F)(F)F)cccc12. The molecule has 118 valence electrons. The molecule has 0 aliphatic rings. The van der Waals surface area contributed by atoms with Gasteiger partial charge < -0.3 is 9.84 Å². The van der Waals surface area contributed by atoms with Gasteiger partial charge in [0, 0.05) is 11.5 Å². The summed E-state index contributed by atoms with van der Waals surface area (Å²) in [6.45, 7) is 0. The Labute approximate surface area is 117 Å². The van der Waals surface area contributed by atoms with Crippen molar-refractivity contribution in [3.63, 3.8) is 0 Å². The highest BCUT2D eigenvalue weighted by Crippen LogP contribution is 2.39. The zero-order valence-corrected chi connectivity index (χ0v) is 10.3. The summed E-state index contributed by atoms with van der Waals surface area (Å²) in [6, 6.07) is 2.67. The van der Waals surface area contributed by atoms with Crippen LogP contribution in [0.3, 0.4) is 0 Å². The number of alkyl halides is 6. The van der Waals surface area contributed by atoms with Gasteiger partial charge in [0.2, 0.25) is 0 Å². The van der Waals surface area contributed by atoms with Crippen LogP contribution in [-0.2, 0) is 12.4 Å². The summed E-state index contributed by atoms with van der Waals surface area (Å²) in [5.41, 5.74) is -4.15. The third-order valence-electron chi connectivity index (χ3n) is 2.59. The van der Waals surface area contributed by atoms with E-state index >= 15 is 0 Å². The molecule has 1 N–H and O–H groups in total. The van der Waals surface area contributed by atoms with Gasteiger partial charge in [-0.3, -0.25) is 0 Å². The second-order valence-corrected chi connectivity index (χ2v) is 4.07. The van der Waals surface area contributed by atoms with Crippen LogP contribution in [0.1, 0.15) is 11.3 Å². The number of benzene rings is 1. The number of fused-ring (bicyclic) bond motifs is 1. The van der Waals surface area contributed by atoms with Gasteiger partial charge in [-0.2, -0.15) is 26.3 Å². The molecule has 0 atom stereocenters. The fourth-order valence-electron chi connectivity index (χ4n) is 1.77. The maximum Gasteiger partial charge on any atom is 0.511 e. The Bertz CT molecular complexity index is 738. The van der Waals surface area contributed by atoms with Crippen LogP contribution in [0, 0.1) is 0 Å². The summed E-state index contributed by atoms with van der Waals surface area (Å²) in [5, 5.41) is 8.01.